The molecule has 5 heteroatoms. The van der Waals surface area contributed by atoms with Crippen LogP contribution >= 0.6 is 11.3 Å². The molecule has 0 bridgehead atoms. The summed E-state index contributed by atoms with van der Waals surface area (Å²) in [6.45, 7) is 0. The molecule has 1 aromatic heterocycles. The number of nitrogen functional groups attached to an aromatic ring is 1. The number of para-hydroxylation sites is 1. The van der Waals surface area contributed by atoms with Crippen molar-refractivity contribution < 1.29 is 9.53 Å². The summed E-state index contributed by atoms with van der Waals surface area (Å²) < 4.78 is 6.32. The predicted octanol–water partition coefficient (Wildman–Crippen LogP) is 3.74. The van der Waals surface area contributed by atoms with Gasteiger partial charge in [-0.2, -0.15) is 0 Å². The monoisotopic (exact) mass is 298 g/mol. The highest BCUT2D eigenvalue weighted by atomic mass is 32.1. The third-order valence-electron chi connectivity index (χ3n) is 3.24. The Bertz CT molecular complexity index is 811. The van der Waals surface area contributed by atoms with Gasteiger partial charge in [0.15, 0.2) is 0 Å². The number of anilines is 2. The zero-order valence-corrected chi connectivity index (χ0v) is 12.2. The zero-order valence-electron chi connectivity index (χ0n) is 11.4. The number of carbonyl (C=O) groups is 1. The van der Waals surface area contributed by atoms with Gasteiger partial charge in [-0.05, 0) is 47.2 Å². The molecule has 0 atom stereocenters. The van der Waals surface area contributed by atoms with E-state index >= 15 is 0 Å². The molecule has 0 spiro atoms. The van der Waals surface area contributed by atoms with Crippen LogP contribution in [0.15, 0.2) is 47.8 Å². The summed E-state index contributed by atoms with van der Waals surface area (Å²) in [5, 5.41) is 5.99. The number of hydrogen-bond acceptors (Lipinski definition) is 4. The third kappa shape index (κ3) is 2.55. The Morgan fingerprint density at radius 3 is 2.90 bits per heavy atom. The number of ether oxygens (including phenoxy) is 1. The molecule has 3 rings (SSSR count). The Labute approximate surface area is 126 Å². The van der Waals surface area contributed by atoms with Gasteiger partial charge < -0.3 is 15.8 Å². The van der Waals surface area contributed by atoms with Crippen molar-refractivity contribution in [3.8, 4) is 5.75 Å². The second-order valence-electron chi connectivity index (χ2n) is 4.55. The fraction of sp³-hybridized carbons (Fsp3) is 0.0625. The Morgan fingerprint density at radius 2 is 2.10 bits per heavy atom. The lowest BCUT2D eigenvalue weighted by atomic mass is 10.1. The minimum Gasteiger partial charge on any atom is -0.495 e. The maximum absolute atomic E-state index is 12.3. The van der Waals surface area contributed by atoms with Gasteiger partial charge in [-0.25, -0.2) is 0 Å². The highest BCUT2D eigenvalue weighted by Gasteiger charge is 2.13. The van der Waals surface area contributed by atoms with Gasteiger partial charge in [0.1, 0.15) is 5.75 Å². The van der Waals surface area contributed by atoms with Crippen molar-refractivity contribution in [3.63, 3.8) is 0 Å². The molecular formula is C16H14N2O2S. The lowest BCUT2D eigenvalue weighted by Gasteiger charge is -2.10. The summed E-state index contributed by atoms with van der Waals surface area (Å²) in [5.74, 6) is 0.247. The Hall–Kier alpha value is -2.53. The molecule has 0 unspecified atom stereocenters. The zero-order chi connectivity index (χ0) is 14.8. The van der Waals surface area contributed by atoms with Gasteiger partial charge >= 0.3 is 0 Å². The number of hydrogen-bond donors (Lipinski definition) is 2. The van der Waals surface area contributed by atoms with E-state index in [0.29, 0.717) is 17.0 Å². The quantitative estimate of drug-likeness (QED) is 0.724. The first kappa shape index (κ1) is 13.5. The topological polar surface area (TPSA) is 64.3 Å². The van der Waals surface area contributed by atoms with Crippen molar-refractivity contribution in [1.82, 2.24) is 0 Å². The van der Waals surface area contributed by atoms with Crippen molar-refractivity contribution in [2.45, 2.75) is 0 Å². The number of rotatable bonds is 3. The average Bonchev–Trinajstić information content (AvgIpc) is 2.95. The minimum atomic E-state index is -0.249. The maximum Gasteiger partial charge on any atom is 0.257 e. The van der Waals surface area contributed by atoms with Crippen LogP contribution in [0.25, 0.3) is 10.1 Å². The lowest BCUT2D eigenvalue weighted by Crippen LogP contribution is -2.14. The van der Waals surface area contributed by atoms with E-state index in [1.807, 2.05) is 29.6 Å². The first-order valence-electron chi connectivity index (χ1n) is 6.40. The highest BCUT2D eigenvalue weighted by molar-refractivity contribution is 7.17. The van der Waals surface area contributed by atoms with E-state index in [-0.39, 0.29) is 5.91 Å². The largest absolute Gasteiger partial charge is 0.495 e. The third-order valence-corrected chi connectivity index (χ3v) is 4.14. The van der Waals surface area contributed by atoms with E-state index in [0.717, 1.165) is 11.1 Å². The number of nitrogens with two attached hydrogens (primary N) is 1. The van der Waals surface area contributed by atoms with E-state index in [4.69, 9.17) is 10.5 Å². The molecule has 1 heterocycles. The summed E-state index contributed by atoms with van der Waals surface area (Å²) in [7, 11) is 1.53. The Morgan fingerprint density at radius 1 is 1.24 bits per heavy atom. The van der Waals surface area contributed by atoms with Gasteiger partial charge in [0.05, 0.1) is 18.4 Å². The fourth-order valence-electron chi connectivity index (χ4n) is 2.16. The van der Waals surface area contributed by atoms with Crippen LogP contribution in [0.3, 0.4) is 0 Å². The molecule has 21 heavy (non-hydrogen) atoms. The van der Waals surface area contributed by atoms with Crippen LogP contribution in [-0.4, -0.2) is 13.0 Å². The lowest BCUT2D eigenvalue weighted by molar-refractivity contribution is 0.102. The molecule has 0 aliphatic carbocycles. The Balaban J connectivity index is 1.89. The second-order valence-corrected chi connectivity index (χ2v) is 5.50. The van der Waals surface area contributed by atoms with Gasteiger partial charge in [0.2, 0.25) is 0 Å². The summed E-state index contributed by atoms with van der Waals surface area (Å²) >= 11 is 1.67. The predicted molar refractivity (Wildman–Crippen MR) is 87.2 cm³/mol. The molecular weight excluding hydrogens is 284 g/mol. The van der Waals surface area contributed by atoms with Gasteiger partial charge in [-0.1, -0.05) is 6.07 Å². The van der Waals surface area contributed by atoms with Gasteiger partial charge in [0, 0.05) is 10.4 Å². The smallest absolute Gasteiger partial charge is 0.257 e. The van der Waals surface area contributed by atoms with Crippen molar-refractivity contribution in [2.75, 3.05) is 18.2 Å². The number of methoxy groups -OCH3 is 1. The van der Waals surface area contributed by atoms with Gasteiger partial charge in [-0.15, -0.1) is 11.3 Å². The molecule has 106 valence electrons. The maximum atomic E-state index is 12.3. The van der Waals surface area contributed by atoms with Gasteiger partial charge in [-0.3, -0.25) is 4.79 Å². The minimum absolute atomic E-state index is 0.249. The molecule has 4 nitrogen and oxygen atoms in total. The SMILES string of the molecule is COc1cccc(C(=O)Nc2ccc3sccc3c2)c1N. The van der Waals surface area contributed by atoms with Crippen LogP contribution < -0.4 is 15.8 Å². The summed E-state index contributed by atoms with van der Waals surface area (Å²) in [6.07, 6.45) is 0. The van der Waals surface area contributed by atoms with Crippen LogP contribution in [0.4, 0.5) is 11.4 Å². The normalized spacial score (nSPS) is 10.5. The number of thiophene rings is 1. The number of nitrogens with one attached hydrogen (secondary N) is 1. The first-order valence-corrected chi connectivity index (χ1v) is 7.28. The van der Waals surface area contributed by atoms with Crippen molar-refractivity contribution in [2.24, 2.45) is 0 Å². The van der Waals surface area contributed by atoms with E-state index in [2.05, 4.69) is 5.32 Å². The number of fused-ring (bicyclic) bond motifs is 1. The molecule has 0 saturated carbocycles. The van der Waals surface area contributed by atoms with E-state index in [1.165, 1.54) is 11.8 Å². The standard InChI is InChI=1S/C16H14N2O2S/c1-20-13-4-2-3-12(15(13)17)16(19)18-11-5-6-14-10(9-11)7-8-21-14/h2-9H,17H2,1H3,(H,18,19). The molecule has 0 saturated heterocycles. The van der Waals surface area contributed by atoms with Crippen molar-refractivity contribution in [1.29, 1.82) is 0 Å². The van der Waals surface area contributed by atoms with Crippen LogP contribution in [0, 0.1) is 0 Å². The number of carbonyl (C=O) groups excluding carboxylic acids is 1. The van der Waals surface area contributed by atoms with Crippen LogP contribution in [0.2, 0.25) is 0 Å². The molecule has 0 radical (unpaired) electrons. The summed E-state index contributed by atoms with van der Waals surface area (Å²) in [5.41, 5.74) is 7.43. The van der Waals surface area contributed by atoms with Crippen LogP contribution in [0.5, 0.6) is 5.75 Å². The van der Waals surface area contributed by atoms with Crippen molar-refractivity contribution >= 4 is 38.7 Å². The fourth-order valence-corrected chi connectivity index (χ4v) is 2.93. The molecule has 1 amide bonds. The summed E-state index contributed by atoms with van der Waals surface area (Å²) in [6, 6.07) is 13.0. The van der Waals surface area contributed by atoms with E-state index < -0.39 is 0 Å². The molecule has 0 aliphatic rings. The second kappa shape index (κ2) is 5.46. The Kier molecular flexibility index (Phi) is 3.50. The average molecular weight is 298 g/mol. The number of benzene rings is 2. The molecule has 2 aromatic carbocycles. The van der Waals surface area contributed by atoms with E-state index in [9.17, 15) is 4.79 Å². The molecule has 0 aliphatic heterocycles. The van der Waals surface area contributed by atoms with Gasteiger partial charge in [0.25, 0.3) is 5.91 Å². The van der Waals surface area contributed by atoms with E-state index in [1.54, 1.807) is 29.5 Å². The number of amides is 1. The first-order chi connectivity index (χ1) is 10.2. The van der Waals surface area contributed by atoms with Crippen LogP contribution in [-0.2, 0) is 0 Å². The van der Waals surface area contributed by atoms with Crippen molar-refractivity contribution in [3.05, 3.63) is 53.4 Å². The summed E-state index contributed by atoms with van der Waals surface area (Å²) in [4.78, 5) is 12.3. The van der Waals surface area contributed by atoms with Crippen LogP contribution in [0.1, 0.15) is 10.4 Å². The molecule has 3 N–H and O–H groups in total. The highest BCUT2D eigenvalue weighted by Crippen LogP contribution is 2.27. The molecule has 0 fully saturated rings. The molecule has 3 aromatic rings.